The Morgan fingerprint density at radius 1 is 1.33 bits per heavy atom. The molecule has 66 valence electrons. The van der Waals surface area contributed by atoms with E-state index in [0.717, 1.165) is 18.4 Å². The molecule has 2 bridgehead atoms. The summed E-state index contributed by atoms with van der Waals surface area (Å²) >= 11 is 0. The van der Waals surface area contributed by atoms with Gasteiger partial charge in [0.2, 0.25) is 0 Å². The summed E-state index contributed by atoms with van der Waals surface area (Å²) in [6.45, 7) is 7.92. The van der Waals surface area contributed by atoms with Gasteiger partial charge in [0.15, 0.2) is 0 Å². The van der Waals surface area contributed by atoms with Crippen LogP contribution in [0.15, 0.2) is 24.3 Å². The first kappa shape index (κ1) is 8.02. The summed E-state index contributed by atoms with van der Waals surface area (Å²) in [4.78, 5) is 10.6. The molecule has 2 unspecified atom stereocenters. The average Bonchev–Trinajstić information content (AvgIpc) is 2.06. The zero-order chi connectivity index (χ0) is 8.82. The molecule has 0 radical (unpaired) electrons. The second kappa shape index (κ2) is 2.21. The van der Waals surface area contributed by atoms with Crippen LogP contribution in [0.1, 0.15) is 26.7 Å². The molecule has 0 aromatic carbocycles. The lowest BCUT2D eigenvalue weighted by atomic mass is 9.79. The molecule has 3 rings (SSSR count). The third-order valence-corrected chi connectivity index (χ3v) is 2.80. The highest BCUT2D eigenvalue weighted by Crippen LogP contribution is 2.43. The molecular weight excluding hydrogens is 152 g/mol. The Balaban J connectivity index is 2.34. The van der Waals surface area contributed by atoms with Crippen LogP contribution in [0.2, 0.25) is 0 Å². The summed E-state index contributed by atoms with van der Waals surface area (Å²) < 4.78 is 0. The molecule has 2 heteroatoms. The van der Waals surface area contributed by atoms with Crippen molar-refractivity contribution in [3.8, 4) is 0 Å². The van der Waals surface area contributed by atoms with Crippen molar-refractivity contribution in [2.24, 2.45) is 0 Å². The van der Waals surface area contributed by atoms with E-state index in [1.807, 2.05) is 13.8 Å². The minimum absolute atomic E-state index is 0.197. The number of fused-ring (bicyclic) bond motifs is 2. The van der Waals surface area contributed by atoms with Crippen molar-refractivity contribution in [3.05, 3.63) is 24.3 Å². The van der Waals surface area contributed by atoms with Crippen LogP contribution in [-0.2, 0) is 9.78 Å². The second-order valence-corrected chi connectivity index (χ2v) is 3.98. The Morgan fingerprint density at radius 3 is 2.42 bits per heavy atom. The topological polar surface area (TPSA) is 18.5 Å². The van der Waals surface area contributed by atoms with Gasteiger partial charge in [-0.15, -0.1) is 0 Å². The molecule has 1 fully saturated rings. The highest BCUT2D eigenvalue weighted by atomic mass is 17.2. The SMILES string of the molecule is C=C(C)C12C=CC(C)(CC1)OO2. The molecule has 0 saturated carbocycles. The molecule has 0 amide bonds. The summed E-state index contributed by atoms with van der Waals surface area (Å²) in [5, 5.41) is 0. The van der Waals surface area contributed by atoms with E-state index in [4.69, 9.17) is 9.78 Å². The maximum Gasteiger partial charge on any atom is 0.142 e. The third kappa shape index (κ3) is 0.952. The predicted octanol–water partition coefficient (Wildman–Crippen LogP) is 2.37. The minimum Gasteiger partial charge on any atom is -0.225 e. The number of rotatable bonds is 1. The Morgan fingerprint density at radius 2 is 2.08 bits per heavy atom. The lowest BCUT2D eigenvalue weighted by molar-refractivity contribution is -0.414. The molecule has 3 aliphatic rings. The Hall–Kier alpha value is -0.600. The first-order valence-corrected chi connectivity index (χ1v) is 4.30. The molecule has 0 N–H and O–H groups in total. The van der Waals surface area contributed by atoms with Crippen molar-refractivity contribution >= 4 is 0 Å². The summed E-state index contributed by atoms with van der Waals surface area (Å²) in [6, 6.07) is 0. The first-order valence-electron chi connectivity index (χ1n) is 4.30. The van der Waals surface area contributed by atoms with Gasteiger partial charge >= 0.3 is 0 Å². The molecule has 2 nitrogen and oxygen atoms in total. The monoisotopic (exact) mass is 166 g/mol. The molecule has 0 aromatic rings. The fourth-order valence-electron chi connectivity index (χ4n) is 1.65. The normalized spacial score (nSPS) is 44.8. The average molecular weight is 166 g/mol. The van der Waals surface area contributed by atoms with Gasteiger partial charge in [-0.05, 0) is 38.3 Å². The summed E-state index contributed by atoms with van der Waals surface area (Å²) in [6.07, 6.45) is 6.14. The van der Waals surface area contributed by atoms with Crippen LogP contribution in [0, 0.1) is 0 Å². The van der Waals surface area contributed by atoms with Gasteiger partial charge in [-0.3, -0.25) is 0 Å². The van der Waals surface area contributed by atoms with E-state index in [-0.39, 0.29) is 11.2 Å². The van der Waals surface area contributed by atoms with Crippen LogP contribution in [0.25, 0.3) is 0 Å². The smallest absolute Gasteiger partial charge is 0.142 e. The molecule has 2 aliphatic heterocycles. The third-order valence-electron chi connectivity index (χ3n) is 2.80. The second-order valence-electron chi connectivity index (χ2n) is 3.98. The molecule has 2 heterocycles. The van der Waals surface area contributed by atoms with Crippen molar-refractivity contribution in [1.82, 2.24) is 0 Å². The van der Waals surface area contributed by atoms with Crippen LogP contribution in [0.4, 0.5) is 0 Å². The molecule has 1 saturated heterocycles. The molecule has 0 spiro atoms. The zero-order valence-electron chi connectivity index (χ0n) is 7.59. The van der Waals surface area contributed by atoms with E-state index in [9.17, 15) is 0 Å². The standard InChI is InChI=1S/C10H14O2/c1-8(2)10-6-4-9(3,5-7-10)11-12-10/h4,6H,1,5,7H2,2-3H3. The van der Waals surface area contributed by atoms with Crippen molar-refractivity contribution in [1.29, 1.82) is 0 Å². The molecule has 1 aliphatic carbocycles. The molecule has 2 atom stereocenters. The zero-order valence-corrected chi connectivity index (χ0v) is 7.59. The van der Waals surface area contributed by atoms with E-state index in [0.29, 0.717) is 0 Å². The van der Waals surface area contributed by atoms with Crippen molar-refractivity contribution in [2.45, 2.75) is 37.9 Å². The van der Waals surface area contributed by atoms with Gasteiger partial charge in [0.05, 0.1) is 0 Å². The Kier molecular flexibility index (Phi) is 1.48. The highest BCUT2D eigenvalue weighted by molar-refractivity contribution is 5.27. The first-order chi connectivity index (χ1) is 5.56. The van der Waals surface area contributed by atoms with E-state index in [1.54, 1.807) is 0 Å². The molecular formula is C10H14O2. The predicted molar refractivity (Wildman–Crippen MR) is 46.5 cm³/mol. The van der Waals surface area contributed by atoms with Gasteiger partial charge in [-0.1, -0.05) is 12.7 Å². The maximum atomic E-state index is 5.34. The number of hydrogen-bond acceptors (Lipinski definition) is 2. The number of hydrogen-bond donors (Lipinski definition) is 0. The van der Waals surface area contributed by atoms with Gasteiger partial charge < -0.3 is 0 Å². The van der Waals surface area contributed by atoms with Gasteiger partial charge in [-0.25, -0.2) is 9.78 Å². The maximum absolute atomic E-state index is 5.34. The summed E-state index contributed by atoms with van der Waals surface area (Å²) in [5.41, 5.74) is 0.482. The highest BCUT2D eigenvalue weighted by Gasteiger charge is 2.45. The van der Waals surface area contributed by atoms with Crippen LogP contribution in [0.3, 0.4) is 0 Å². The van der Waals surface area contributed by atoms with Gasteiger partial charge in [0.1, 0.15) is 11.2 Å². The van der Waals surface area contributed by atoms with Crippen LogP contribution >= 0.6 is 0 Å². The van der Waals surface area contributed by atoms with Crippen LogP contribution < -0.4 is 0 Å². The fraction of sp³-hybridized carbons (Fsp3) is 0.600. The summed E-state index contributed by atoms with van der Waals surface area (Å²) in [5.74, 6) is 0. The van der Waals surface area contributed by atoms with Crippen molar-refractivity contribution in [3.63, 3.8) is 0 Å². The lowest BCUT2D eigenvalue weighted by Gasteiger charge is -2.45. The Labute approximate surface area is 72.8 Å². The van der Waals surface area contributed by atoms with Gasteiger partial charge in [0, 0.05) is 0 Å². The van der Waals surface area contributed by atoms with Crippen LogP contribution in [0.5, 0.6) is 0 Å². The van der Waals surface area contributed by atoms with E-state index >= 15 is 0 Å². The quantitative estimate of drug-likeness (QED) is 0.440. The fourth-order valence-corrected chi connectivity index (χ4v) is 1.65. The van der Waals surface area contributed by atoms with E-state index < -0.39 is 0 Å². The summed E-state index contributed by atoms with van der Waals surface area (Å²) in [7, 11) is 0. The minimum atomic E-state index is -0.336. The van der Waals surface area contributed by atoms with Gasteiger partial charge in [0.25, 0.3) is 0 Å². The van der Waals surface area contributed by atoms with Crippen LogP contribution in [-0.4, -0.2) is 11.2 Å². The largest absolute Gasteiger partial charge is 0.225 e. The molecule has 12 heavy (non-hydrogen) atoms. The molecule has 0 aromatic heterocycles. The van der Waals surface area contributed by atoms with Gasteiger partial charge in [-0.2, -0.15) is 0 Å². The van der Waals surface area contributed by atoms with Crippen molar-refractivity contribution in [2.75, 3.05) is 0 Å². The Bertz CT molecular complexity index is 245. The van der Waals surface area contributed by atoms with E-state index in [2.05, 4.69) is 18.7 Å². The lowest BCUT2D eigenvalue weighted by Crippen LogP contribution is -2.48. The van der Waals surface area contributed by atoms with E-state index in [1.165, 1.54) is 0 Å². The van der Waals surface area contributed by atoms with Crippen molar-refractivity contribution < 1.29 is 9.78 Å².